The Bertz CT molecular complexity index is 762. The Morgan fingerprint density at radius 3 is 1.46 bits per heavy atom. The first-order valence-electron chi connectivity index (χ1n) is 9.20. The normalized spacial score (nSPS) is 35.8. The minimum absolute atomic E-state index is 0.286. The molecule has 0 amide bonds. The Kier molecular flexibility index (Phi) is 5.28. The second-order valence-corrected chi connectivity index (χ2v) is 9.27. The summed E-state index contributed by atoms with van der Waals surface area (Å²) in [6.07, 6.45) is -1.33. The Morgan fingerprint density at radius 1 is 0.538 bits per heavy atom. The highest BCUT2D eigenvalue weighted by Crippen LogP contribution is 2.51. The van der Waals surface area contributed by atoms with Gasteiger partial charge in [0.2, 0.25) is 0 Å². The van der Waals surface area contributed by atoms with Crippen molar-refractivity contribution in [3.05, 3.63) is 42.4 Å². The van der Waals surface area contributed by atoms with Gasteiger partial charge in [0, 0.05) is 8.96 Å². The van der Waals surface area contributed by atoms with Gasteiger partial charge in [0.15, 0.2) is 0 Å². The maximum atomic E-state index is 14.9. The number of hydrogen-bond acceptors (Lipinski definition) is 0. The maximum absolute atomic E-state index is 14.9. The van der Waals surface area contributed by atoms with Crippen molar-refractivity contribution < 1.29 is 17.6 Å². The molecular formula is C20H20Br2F4. The van der Waals surface area contributed by atoms with Crippen LogP contribution in [0.3, 0.4) is 0 Å². The summed E-state index contributed by atoms with van der Waals surface area (Å²) < 4.78 is 59.3. The van der Waals surface area contributed by atoms with Crippen LogP contribution in [0.2, 0.25) is 0 Å². The molecule has 0 bridgehead atoms. The quantitative estimate of drug-likeness (QED) is 0.357. The van der Waals surface area contributed by atoms with E-state index in [1.807, 2.05) is 0 Å². The Morgan fingerprint density at radius 2 is 0.962 bits per heavy atom. The summed E-state index contributed by atoms with van der Waals surface area (Å²) in [6.45, 7) is 0. The SMILES string of the molecule is FC1CCC(C2=C(C3=C(C4=C(Br)CCC4F)CCC3F)CCC2F)=C1Br. The summed E-state index contributed by atoms with van der Waals surface area (Å²) >= 11 is 6.72. The molecule has 0 aromatic rings. The molecule has 4 rings (SSSR count). The highest BCUT2D eigenvalue weighted by Gasteiger charge is 2.41. The van der Waals surface area contributed by atoms with Crippen molar-refractivity contribution in [1.82, 2.24) is 0 Å². The fourth-order valence-electron chi connectivity index (χ4n) is 4.80. The second kappa shape index (κ2) is 7.23. The topological polar surface area (TPSA) is 0 Å². The fraction of sp³-hybridized carbons (Fsp3) is 0.600. The predicted octanol–water partition coefficient (Wildman–Crippen LogP) is 7.41. The summed E-state index contributed by atoms with van der Waals surface area (Å²) in [6, 6.07) is 0. The van der Waals surface area contributed by atoms with Gasteiger partial charge < -0.3 is 0 Å². The molecule has 4 aliphatic carbocycles. The zero-order valence-electron chi connectivity index (χ0n) is 14.2. The van der Waals surface area contributed by atoms with Gasteiger partial charge in [-0.25, -0.2) is 17.6 Å². The van der Waals surface area contributed by atoms with Crippen molar-refractivity contribution in [2.24, 2.45) is 0 Å². The van der Waals surface area contributed by atoms with Gasteiger partial charge >= 0.3 is 0 Å². The van der Waals surface area contributed by atoms with E-state index in [1.165, 1.54) is 0 Å². The Labute approximate surface area is 167 Å². The lowest BCUT2D eigenvalue weighted by molar-refractivity contribution is 0.380. The molecule has 6 heteroatoms. The third-order valence-electron chi connectivity index (χ3n) is 5.98. The van der Waals surface area contributed by atoms with Crippen LogP contribution in [0.15, 0.2) is 42.4 Å². The van der Waals surface area contributed by atoms with Crippen LogP contribution in [-0.4, -0.2) is 24.7 Å². The van der Waals surface area contributed by atoms with Crippen molar-refractivity contribution in [3.63, 3.8) is 0 Å². The molecule has 142 valence electrons. The van der Waals surface area contributed by atoms with Crippen molar-refractivity contribution in [1.29, 1.82) is 0 Å². The van der Waals surface area contributed by atoms with Crippen molar-refractivity contribution >= 4 is 31.9 Å². The van der Waals surface area contributed by atoms with Gasteiger partial charge in [0.1, 0.15) is 24.7 Å². The van der Waals surface area contributed by atoms with Gasteiger partial charge in [-0.15, -0.1) is 0 Å². The van der Waals surface area contributed by atoms with E-state index in [0.717, 1.165) is 4.48 Å². The van der Waals surface area contributed by atoms with Gasteiger partial charge in [0.05, 0.1) is 0 Å². The van der Waals surface area contributed by atoms with E-state index in [2.05, 4.69) is 31.9 Å². The van der Waals surface area contributed by atoms with Crippen LogP contribution in [0.1, 0.15) is 51.4 Å². The zero-order chi connectivity index (χ0) is 18.6. The van der Waals surface area contributed by atoms with Crippen LogP contribution >= 0.6 is 31.9 Å². The molecule has 0 spiro atoms. The number of allylic oxidation sites excluding steroid dienone is 8. The Hall–Kier alpha value is -0.360. The van der Waals surface area contributed by atoms with E-state index in [9.17, 15) is 17.6 Å². The molecule has 4 aliphatic rings. The van der Waals surface area contributed by atoms with Gasteiger partial charge in [-0.1, -0.05) is 31.9 Å². The van der Waals surface area contributed by atoms with E-state index >= 15 is 0 Å². The maximum Gasteiger partial charge on any atom is 0.132 e. The molecule has 26 heavy (non-hydrogen) atoms. The van der Waals surface area contributed by atoms with Gasteiger partial charge in [-0.2, -0.15) is 0 Å². The van der Waals surface area contributed by atoms with Crippen LogP contribution in [0.25, 0.3) is 0 Å². The number of halogens is 6. The Balaban J connectivity index is 1.88. The molecule has 0 fully saturated rings. The molecule has 0 radical (unpaired) electrons. The zero-order valence-corrected chi connectivity index (χ0v) is 17.4. The van der Waals surface area contributed by atoms with Crippen LogP contribution in [0.5, 0.6) is 0 Å². The van der Waals surface area contributed by atoms with Crippen molar-refractivity contribution in [2.75, 3.05) is 0 Å². The molecule has 0 saturated carbocycles. The molecule has 0 nitrogen and oxygen atoms in total. The molecule has 0 aromatic heterocycles. The van der Waals surface area contributed by atoms with Crippen LogP contribution in [0.4, 0.5) is 17.6 Å². The van der Waals surface area contributed by atoms with Crippen molar-refractivity contribution in [2.45, 2.75) is 76.1 Å². The third-order valence-corrected chi connectivity index (χ3v) is 7.78. The van der Waals surface area contributed by atoms with E-state index in [-0.39, 0.29) is 6.42 Å². The first-order chi connectivity index (χ1) is 12.4. The van der Waals surface area contributed by atoms with Crippen molar-refractivity contribution in [3.8, 4) is 0 Å². The molecule has 0 saturated heterocycles. The molecule has 0 aliphatic heterocycles. The number of rotatable bonds is 3. The third kappa shape index (κ3) is 2.99. The molecule has 0 aromatic carbocycles. The van der Waals surface area contributed by atoms with Gasteiger partial charge in [-0.3, -0.25) is 0 Å². The minimum atomic E-state index is -1.21. The van der Waals surface area contributed by atoms with Gasteiger partial charge in [-0.05, 0) is 84.8 Å². The summed E-state index contributed by atoms with van der Waals surface area (Å²) in [4.78, 5) is 0. The van der Waals surface area contributed by atoms with E-state index in [1.54, 1.807) is 0 Å². The standard InChI is InChI=1S/C20H20Br2F4/c21-12-4-8-15(25)19(12)10-2-6-13(23)17(10)9-1-5-14(24)18(9)11-3-7-16(26)20(11)22/h13-16H,1-8H2. The number of alkyl halides is 4. The molecule has 4 unspecified atom stereocenters. The predicted molar refractivity (Wildman–Crippen MR) is 102 cm³/mol. The average Bonchev–Trinajstić information content (AvgIpc) is 3.32. The summed E-state index contributed by atoms with van der Waals surface area (Å²) in [5.41, 5.74) is 3.52. The molecule has 4 atom stereocenters. The highest BCUT2D eigenvalue weighted by molar-refractivity contribution is 9.12. The lowest BCUT2D eigenvalue weighted by Crippen LogP contribution is -2.08. The second-order valence-electron chi connectivity index (χ2n) is 7.45. The van der Waals surface area contributed by atoms with E-state index in [4.69, 9.17) is 0 Å². The largest absolute Gasteiger partial charge is 0.242 e. The molecule has 0 heterocycles. The average molecular weight is 496 g/mol. The van der Waals surface area contributed by atoms with Crippen LogP contribution in [-0.2, 0) is 0 Å². The summed E-state index contributed by atoms with van der Waals surface area (Å²) in [7, 11) is 0. The van der Waals surface area contributed by atoms with E-state index < -0.39 is 24.7 Å². The molecule has 0 N–H and O–H groups in total. The number of hydrogen-bond donors (Lipinski definition) is 0. The van der Waals surface area contributed by atoms with Gasteiger partial charge in [0.25, 0.3) is 0 Å². The molecular weight excluding hydrogens is 476 g/mol. The first-order valence-corrected chi connectivity index (χ1v) is 10.8. The highest BCUT2D eigenvalue weighted by atomic mass is 79.9. The minimum Gasteiger partial charge on any atom is -0.242 e. The fourth-order valence-corrected chi connectivity index (χ4v) is 6.16. The van der Waals surface area contributed by atoms with E-state index in [0.29, 0.717) is 82.9 Å². The van der Waals surface area contributed by atoms with Crippen LogP contribution in [0, 0.1) is 0 Å². The first kappa shape index (κ1) is 19.0. The lowest BCUT2D eigenvalue weighted by Gasteiger charge is -2.17. The summed E-state index contributed by atoms with van der Waals surface area (Å²) in [5, 5.41) is 0. The monoisotopic (exact) mass is 494 g/mol. The smallest absolute Gasteiger partial charge is 0.132 e. The lowest BCUT2D eigenvalue weighted by atomic mass is 9.90. The summed E-state index contributed by atoms with van der Waals surface area (Å²) in [5.74, 6) is 0. The van der Waals surface area contributed by atoms with Crippen LogP contribution < -0.4 is 0 Å².